The minimum absolute atomic E-state index is 0.716. The summed E-state index contributed by atoms with van der Waals surface area (Å²) in [5, 5.41) is 0.716. The van der Waals surface area contributed by atoms with Crippen LogP contribution in [0.5, 0.6) is 0 Å². The van der Waals surface area contributed by atoms with E-state index in [2.05, 4.69) is 0 Å². The van der Waals surface area contributed by atoms with Crippen LogP contribution in [0.3, 0.4) is 0 Å². The molecule has 2 bridgehead atoms. The van der Waals surface area contributed by atoms with Gasteiger partial charge in [0.05, 0.1) is 0 Å². The molecule has 0 aliphatic heterocycles. The lowest BCUT2D eigenvalue weighted by atomic mass is 9.85. The molecule has 2 atom stereocenters. The highest BCUT2D eigenvalue weighted by atomic mass is 32.1. The van der Waals surface area contributed by atoms with Crippen LogP contribution in [0.25, 0.3) is 0 Å². The molecule has 0 saturated heterocycles. The Labute approximate surface area is 87.9 Å². The second-order valence-electron chi connectivity index (χ2n) is 5.07. The van der Waals surface area contributed by atoms with Crippen LogP contribution in [0.15, 0.2) is 0 Å². The zero-order chi connectivity index (χ0) is 9.10. The van der Waals surface area contributed by atoms with Gasteiger partial charge in [0, 0.05) is 5.25 Å². The van der Waals surface area contributed by atoms with E-state index in [0.29, 0.717) is 5.25 Å². The first-order valence-electron chi connectivity index (χ1n) is 6.02. The summed E-state index contributed by atoms with van der Waals surface area (Å²) in [5.41, 5.74) is 0. The van der Waals surface area contributed by atoms with E-state index < -0.39 is 0 Å². The molecule has 3 fully saturated rings. The van der Waals surface area contributed by atoms with Crippen molar-refractivity contribution >= 4 is 12.6 Å². The quantitative estimate of drug-likeness (QED) is 0.558. The maximum Gasteiger partial charge on any atom is 0.00220 e. The predicted octanol–water partition coefficient (Wildman–Crippen LogP) is 4.06. The van der Waals surface area contributed by atoms with Crippen molar-refractivity contribution in [3.63, 3.8) is 0 Å². The lowest BCUT2D eigenvalue weighted by Gasteiger charge is -2.25. The monoisotopic (exact) mass is 198 g/mol. The number of thiol groups is 1. The van der Waals surface area contributed by atoms with Crippen molar-refractivity contribution in [1.29, 1.82) is 0 Å². The van der Waals surface area contributed by atoms with Gasteiger partial charge in [-0.15, -0.1) is 0 Å². The third-order valence-electron chi connectivity index (χ3n) is 3.91. The molecule has 0 aromatic rings. The first kappa shape index (κ1) is 9.89. The molecule has 0 N–H and O–H groups in total. The van der Waals surface area contributed by atoms with Crippen molar-refractivity contribution in [2.24, 2.45) is 11.8 Å². The molecule has 0 amide bonds. The molecule has 0 nitrogen and oxygen atoms in total. The zero-order valence-electron chi connectivity index (χ0n) is 8.54. The van der Waals surface area contributed by atoms with E-state index in [1.54, 1.807) is 0 Å². The van der Waals surface area contributed by atoms with Gasteiger partial charge in [-0.3, -0.25) is 0 Å². The summed E-state index contributed by atoms with van der Waals surface area (Å²) in [6, 6.07) is 0. The molecule has 0 spiro atoms. The third-order valence-corrected chi connectivity index (χ3v) is 4.33. The van der Waals surface area contributed by atoms with Crippen LogP contribution in [-0.4, -0.2) is 5.25 Å². The smallest absolute Gasteiger partial charge is 0.00220 e. The maximum absolute atomic E-state index is 4.73. The zero-order valence-corrected chi connectivity index (χ0v) is 9.44. The standard InChI is InChI=1S/C12H22S/c13-12-8-10-4-1-2-5-11(9-12)7-3-6-10/h10-13H,1-9H2. The Morgan fingerprint density at radius 1 is 0.692 bits per heavy atom. The first-order chi connectivity index (χ1) is 6.34. The molecule has 76 valence electrons. The largest absolute Gasteiger partial charge is 0.176 e. The average molecular weight is 198 g/mol. The molecule has 3 aliphatic carbocycles. The SMILES string of the molecule is SC1CC2CCCCC(CCC2)C1. The maximum atomic E-state index is 4.73. The Balaban J connectivity index is 2.02. The van der Waals surface area contributed by atoms with Gasteiger partial charge in [0.25, 0.3) is 0 Å². The fraction of sp³-hybridized carbons (Fsp3) is 1.00. The Morgan fingerprint density at radius 3 is 1.69 bits per heavy atom. The second kappa shape index (κ2) is 4.72. The van der Waals surface area contributed by atoms with Crippen molar-refractivity contribution in [2.45, 2.75) is 63.0 Å². The number of hydrogen-bond donors (Lipinski definition) is 1. The van der Waals surface area contributed by atoms with Gasteiger partial charge >= 0.3 is 0 Å². The van der Waals surface area contributed by atoms with Crippen molar-refractivity contribution in [3.05, 3.63) is 0 Å². The predicted molar refractivity (Wildman–Crippen MR) is 61.3 cm³/mol. The van der Waals surface area contributed by atoms with Crippen LogP contribution in [-0.2, 0) is 0 Å². The van der Waals surface area contributed by atoms with E-state index in [-0.39, 0.29) is 0 Å². The van der Waals surface area contributed by atoms with E-state index in [4.69, 9.17) is 12.6 Å². The summed E-state index contributed by atoms with van der Waals surface area (Å²) in [5.74, 6) is 2.03. The summed E-state index contributed by atoms with van der Waals surface area (Å²) in [7, 11) is 0. The van der Waals surface area contributed by atoms with Crippen molar-refractivity contribution < 1.29 is 0 Å². The summed E-state index contributed by atoms with van der Waals surface area (Å²) >= 11 is 4.73. The molecule has 0 radical (unpaired) electrons. The second-order valence-corrected chi connectivity index (χ2v) is 5.80. The van der Waals surface area contributed by atoms with Crippen LogP contribution < -0.4 is 0 Å². The Bertz CT molecular complexity index is 135. The summed E-state index contributed by atoms with van der Waals surface area (Å²) in [6.07, 6.45) is 13.2. The number of rotatable bonds is 0. The minimum Gasteiger partial charge on any atom is -0.176 e. The van der Waals surface area contributed by atoms with Gasteiger partial charge in [-0.2, -0.15) is 12.6 Å². The van der Waals surface area contributed by atoms with E-state index >= 15 is 0 Å². The molecular formula is C12H22S. The van der Waals surface area contributed by atoms with Crippen LogP contribution in [0.2, 0.25) is 0 Å². The molecule has 2 unspecified atom stereocenters. The minimum atomic E-state index is 0.716. The third kappa shape index (κ3) is 2.90. The molecule has 3 rings (SSSR count). The van der Waals surface area contributed by atoms with Crippen LogP contribution in [0.4, 0.5) is 0 Å². The fourth-order valence-corrected chi connectivity index (χ4v) is 3.78. The summed E-state index contributed by atoms with van der Waals surface area (Å²) < 4.78 is 0. The van der Waals surface area contributed by atoms with Gasteiger partial charge in [0.15, 0.2) is 0 Å². The molecule has 0 heterocycles. The normalized spacial score (nSPS) is 41.8. The molecule has 3 aliphatic rings. The lowest BCUT2D eigenvalue weighted by molar-refractivity contribution is 0.328. The highest BCUT2D eigenvalue weighted by Gasteiger charge is 2.23. The van der Waals surface area contributed by atoms with Crippen LogP contribution in [0, 0.1) is 11.8 Å². The van der Waals surface area contributed by atoms with Gasteiger partial charge in [-0.25, -0.2) is 0 Å². The number of fused-ring (bicyclic) bond motifs is 7. The van der Waals surface area contributed by atoms with Crippen LogP contribution in [0.1, 0.15) is 57.8 Å². The van der Waals surface area contributed by atoms with Gasteiger partial charge in [-0.05, 0) is 24.7 Å². The van der Waals surface area contributed by atoms with Crippen molar-refractivity contribution in [1.82, 2.24) is 0 Å². The van der Waals surface area contributed by atoms with Gasteiger partial charge < -0.3 is 0 Å². The Morgan fingerprint density at radius 2 is 1.15 bits per heavy atom. The lowest BCUT2D eigenvalue weighted by Crippen LogP contribution is -2.15. The topological polar surface area (TPSA) is 0 Å². The van der Waals surface area contributed by atoms with E-state index in [1.807, 2.05) is 0 Å². The highest BCUT2D eigenvalue weighted by molar-refractivity contribution is 7.80. The van der Waals surface area contributed by atoms with Gasteiger partial charge in [-0.1, -0.05) is 44.9 Å². The fourth-order valence-electron chi connectivity index (χ4n) is 3.19. The van der Waals surface area contributed by atoms with E-state index in [1.165, 1.54) is 57.8 Å². The highest BCUT2D eigenvalue weighted by Crippen LogP contribution is 2.36. The molecule has 1 heteroatoms. The van der Waals surface area contributed by atoms with Gasteiger partial charge in [0.2, 0.25) is 0 Å². The van der Waals surface area contributed by atoms with E-state index in [0.717, 1.165) is 11.8 Å². The molecule has 3 saturated carbocycles. The van der Waals surface area contributed by atoms with Crippen molar-refractivity contribution in [3.8, 4) is 0 Å². The molecule has 0 aromatic heterocycles. The molecule has 13 heavy (non-hydrogen) atoms. The molecule has 0 aromatic carbocycles. The number of hydrogen-bond acceptors (Lipinski definition) is 1. The van der Waals surface area contributed by atoms with E-state index in [9.17, 15) is 0 Å². The molecular weight excluding hydrogens is 176 g/mol. The average Bonchev–Trinajstić information content (AvgIpc) is 2.20. The Hall–Kier alpha value is 0.350. The first-order valence-corrected chi connectivity index (χ1v) is 6.54. The summed E-state index contributed by atoms with van der Waals surface area (Å²) in [6.45, 7) is 0. The van der Waals surface area contributed by atoms with Crippen LogP contribution >= 0.6 is 12.6 Å². The van der Waals surface area contributed by atoms with Gasteiger partial charge in [0.1, 0.15) is 0 Å². The summed E-state index contributed by atoms with van der Waals surface area (Å²) in [4.78, 5) is 0. The van der Waals surface area contributed by atoms with Crippen molar-refractivity contribution in [2.75, 3.05) is 0 Å². The Kier molecular flexibility index (Phi) is 3.59.